The molecule has 0 heterocycles. The van der Waals surface area contributed by atoms with E-state index in [-0.39, 0.29) is 45.9 Å². The number of esters is 1. The molecule has 0 saturated heterocycles. The average molecular weight is 294 g/mol. The van der Waals surface area contributed by atoms with Crippen LogP contribution in [-0.4, -0.2) is 17.2 Å². The van der Waals surface area contributed by atoms with Crippen molar-refractivity contribution in [3.05, 3.63) is 0 Å². The van der Waals surface area contributed by atoms with E-state index in [9.17, 15) is 9.59 Å². The molecule has 4 nitrogen and oxygen atoms in total. The summed E-state index contributed by atoms with van der Waals surface area (Å²) in [4.78, 5) is 20.1. The summed E-state index contributed by atoms with van der Waals surface area (Å²) in [6, 6.07) is 0. The molecule has 0 atom stereocenters. The van der Waals surface area contributed by atoms with Crippen molar-refractivity contribution in [3.8, 4) is 0 Å². The molecule has 2 radical (unpaired) electrons. The molecule has 0 unspecified atom stereocenters. The van der Waals surface area contributed by atoms with Gasteiger partial charge in [-0.3, -0.25) is 4.79 Å². The second kappa shape index (κ2) is 11.2. The fourth-order valence-corrected chi connectivity index (χ4v) is 0.470. The van der Waals surface area contributed by atoms with Crippen LogP contribution >= 0.6 is 0 Å². The summed E-state index contributed by atoms with van der Waals surface area (Å²) in [5, 5.41) is 7.94. The summed E-state index contributed by atoms with van der Waals surface area (Å²) in [6.45, 7) is 1.91. The molecule has 0 rings (SSSR count). The second-order valence-electron chi connectivity index (χ2n) is 1.84. The van der Waals surface area contributed by atoms with Crippen molar-refractivity contribution in [2.75, 3.05) is 0 Å². The van der Waals surface area contributed by atoms with E-state index in [1.54, 1.807) is 0 Å². The minimum atomic E-state index is -1.53. The first-order valence-electron chi connectivity index (χ1n) is 3.10. The van der Waals surface area contributed by atoms with Gasteiger partial charge in [0.25, 0.3) is 0 Å². The Morgan fingerprint density at radius 1 is 1.42 bits per heavy atom. The average Bonchev–Trinajstić information content (AvgIpc) is 1.82. The number of rotatable bonds is 3. The zero-order valence-electron chi connectivity index (χ0n) is 6.62. The number of carbonyl (C=O) groups excluding carboxylic acids is 1. The minimum absolute atomic E-state index is 0. The smallest absolute Gasteiger partial charge is 0.449 e. The van der Waals surface area contributed by atoms with E-state index in [0.717, 1.165) is 6.42 Å². The number of carboxylic acid groups (broad SMARTS) is 1. The molecule has 0 aliphatic carbocycles. The number of ether oxygens (including phenoxy) is 1. The molecule has 6 heteroatoms. The van der Waals surface area contributed by atoms with Crippen LogP contribution in [0.15, 0.2) is 0 Å². The van der Waals surface area contributed by atoms with Gasteiger partial charge in [-0.1, -0.05) is 13.3 Å². The third kappa shape index (κ3) is 12.8. The Kier molecular flexibility index (Phi) is 16.9. The minimum Gasteiger partial charge on any atom is -0.449 e. The van der Waals surface area contributed by atoms with Gasteiger partial charge in [-0.15, -0.1) is 0 Å². The van der Waals surface area contributed by atoms with Gasteiger partial charge in [-0.2, -0.15) is 0 Å². The Balaban J connectivity index is -0.000000405. The van der Waals surface area contributed by atoms with E-state index in [0.29, 0.717) is 6.42 Å². The molecule has 0 amide bonds. The first kappa shape index (κ1) is 18.1. The van der Waals surface area contributed by atoms with Gasteiger partial charge in [0, 0.05) is 45.9 Å². The molecule has 0 aromatic rings. The third-order valence-electron chi connectivity index (χ3n) is 0.936. The van der Waals surface area contributed by atoms with Gasteiger partial charge in [-0.25, -0.2) is 4.79 Å². The molecule has 0 spiro atoms. The number of hydrogen-bond acceptors (Lipinski definition) is 3. The first-order chi connectivity index (χ1) is 4.66. The van der Waals surface area contributed by atoms with Crippen LogP contribution < -0.4 is 0 Å². The van der Waals surface area contributed by atoms with Gasteiger partial charge in [0.05, 0.1) is 0 Å². The molecular weight excluding hydrogens is 284 g/mol. The Hall–Kier alpha value is 0.200. The van der Waals surface area contributed by atoms with E-state index in [1.165, 1.54) is 0 Å². The Morgan fingerprint density at radius 3 is 2.25 bits per heavy atom. The number of unbranched alkanes of at least 4 members (excludes halogenated alkanes) is 1. The monoisotopic (exact) mass is 294 g/mol. The van der Waals surface area contributed by atoms with Crippen molar-refractivity contribution in [2.24, 2.45) is 0 Å². The van der Waals surface area contributed by atoms with Gasteiger partial charge in [0.15, 0.2) is 0 Å². The summed E-state index contributed by atoms with van der Waals surface area (Å²) >= 11 is 0. The van der Waals surface area contributed by atoms with Gasteiger partial charge in [-0.05, 0) is 6.42 Å². The van der Waals surface area contributed by atoms with Crippen LogP contribution in [0.25, 0.3) is 0 Å². The van der Waals surface area contributed by atoms with E-state index in [4.69, 9.17) is 5.11 Å². The standard InChI is InChI=1S/C6H10O4.Mn.Nb/c1-2-3-4-5(7)10-6(8)9;;/h2-4H2,1H3,(H,8,9);;. The SMILES string of the molecule is CCCCC(=O)OC(=O)O.[Mn].[Nb]. The van der Waals surface area contributed by atoms with Crippen LogP contribution in [0.5, 0.6) is 0 Å². The Labute approximate surface area is 97.0 Å². The van der Waals surface area contributed by atoms with Crippen LogP contribution in [0.4, 0.5) is 4.79 Å². The summed E-state index contributed by atoms with van der Waals surface area (Å²) in [7, 11) is 0. The van der Waals surface area contributed by atoms with Gasteiger partial charge in [0.1, 0.15) is 0 Å². The molecular formula is C6H10MnNbO4. The predicted octanol–water partition coefficient (Wildman–Crippen LogP) is 1.39. The fraction of sp³-hybridized carbons (Fsp3) is 0.667. The molecule has 0 aromatic carbocycles. The zero-order chi connectivity index (χ0) is 7.98. The summed E-state index contributed by atoms with van der Waals surface area (Å²) in [6.07, 6.45) is 0.185. The zero-order valence-corrected chi connectivity index (χ0v) is 10.00. The number of carbonyl (C=O) groups is 2. The largest absolute Gasteiger partial charge is 0.513 e. The molecule has 0 aliphatic rings. The van der Waals surface area contributed by atoms with Crippen LogP contribution in [0.3, 0.4) is 0 Å². The van der Waals surface area contributed by atoms with Gasteiger partial charge >= 0.3 is 12.1 Å². The van der Waals surface area contributed by atoms with E-state index in [2.05, 4.69) is 4.74 Å². The molecule has 0 aromatic heterocycles. The van der Waals surface area contributed by atoms with Crippen LogP contribution in [-0.2, 0) is 49.0 Å². The van der Waals surface area contributed by atoms with Crippen LogP contribution in [0.2, 0.25) is 0 Å². The van der Waals surface area contributed by atoms with Crippen molar-refractivity contribution in [2.45, 2.75) is 26.2 Å². The maximum atomic E-state index is 10.4. The van der Waals surface area contributed by atoms with Crippen molar-refractivity contribution in [1.82, 2.24) is 0 Å². The van der Waals surface area contributed by atoms with Gasteiger partial charge in [0.2, 0.25) is 0 Å². The van der Waals surface area contributed by atoms with Crippen LogP contribution in [0.1, 0.15) is 26.2 Å². The fourth-order valence-electron chi connectivity index (χ4n) is 0.470. The van der Waals surface area contributed by atoms with Crippen LogP contribution in [0, 0.1) is 0 Å². The van der Waals surface area contributed by atoms with Crippen molar-refractivity contribution in [3.63, 3.8) is 0 Å². The molecule has 70 valence electrons. The number of hydrogen-bond donors (Lipinski definition) is 1. The van der Waals surface area contributed by atoms with E-state index in [1.807, 2.05) is 6.92 Å². The maximum absolute atomic E-state index is 10.4. The van der Waals surface area contributed by atoms with E-state index >= 15 is 0 Å². The normalized spacial score (nSPS) is 7.42. The molecule has 0 fully saturated rings. The topological polar surface area (TPSA) is 63.6 Å². The summed E-state index contributed by atoms with van der Waals surface area (Å²) in [5.41, 5.74) is 0. The molecule has 0 bridgehead atoms. The third-order valence-corrected chi connectivity index (χ3v) is 0.936. The van der Waals surface area contributed by atoms with Crippen molar-refractivity contribution >= 4 is 12.1 Å². The first-order valence-corrected chi connectivity index (χ1v) is 3.10. The molecule has 12 heavy (non-hydrogen) atoms. The summed E-state index contributed by atoms with van der Waals surface area (Å²) in [5.74, 6) is -0.672. The van der Waals surface area contributed by atoms with Gasteiger partial charge < -0.3 is 9.84 Å². The quantitative estimate of drug-likeness (QED) is 0.485. The van der Waals surface area contributed by atoms with Crippen molar-refractivity contribution in [1.29, 1.82) is 0 Å². The second-order valence-corrected chi connectivity index (χ2v) is 1.84. The predicted molar refractivity (Wildman–Crippen MR) is 33.6 cm³/mol. The molecule has 0 saturated carbocycles. The molecule has 1 N–H and O–H groups in total. The maximum Gasteiger partial charge on any atom is 0.513 e. The Morgan fingerprint density at radius 2 is 1.92 bits per heavy atom. The van der Waals surface area contributed by atoms with E-state index < -0.39 is 12.1 Å². The Bertz CT molecular complexity index is 140. The van der Waals surface area contributed by atoms with Crippen molar-refractivity contribution < 1.29 is 58.9 Å². The molecule has 0 aliphatic heterocycles. The summed E-state index contributed by atoms with van der Waals surface area (Å²) < 4.78 is 3.83.